The molecule has 136 valence electrons. The third-order valence-electron chi connectivity index (χ3n) is 4.83. The molecule has 0 aromatic carbocycles. The second-order valence-electron chi connectivity index (χ2n) is 7.07. The molecule has 2 amide bonds. The predicted molar refractivity (Wildman–Crippen MR) is 98.4 cm³/mol. The van der Waals surface area contributed by atoms with Crippen LogP contribution in [0.15, 0.2) is 21.3 Å². The molecule has 3 rings (SSSR count). The van der Waals surface area contributed by atoms with Crippen molar-refractivity contribution in [1.29, 1.82) is 0 Å². The van der Waals surface area contributed by atoms with Crippen molar-refractivity contribution < 1.29 is 14.3 Å². The fraction of sp³-hybridized carbons (Fsp3) is 0.647. The lowest BCUT2D eigenvalue weighted by Crippen LogP contribution is -2.38. The van der Waals surface area contributed by atoms with Crippen LogP contribution >= 0.6 is 11.8 Å². The molecule has 1 saturated carbocycles. The number of amides is 2. The summed E-state index contributed by atoms with van der Waals surface area (Å²) in [6, 6.07) is 0.211. The number of carbonyl (C=O) groups excluding carboxylic acids is 2. The van der Waals surface area contributed by atoms with Crippen LogP contribution in [0.1, 0.15) is 52.9 Å². The number of amidine groups is 1. The SMILES string of the molecule is CC1=C(C(=O)NC2CCCCC2)C(=NN=C2NC(=O)CS2)OC1(C)C. The van der Waals surface area contributed by atoms with Crippen molar-refractivity contribution in [3.63, 3.8) is 0 Å². The van der Waals surface area contributed by atoms with E-state index in [9.17, 15) is 9.59 Å². The lowest BCUT2D eigenvalue weighted by atomic mass is 9.94. The van der Waals surface area contributed by atoms with Crippen molar-refractivity contribution in [2.75, 3.05) is 5.75 Å². The second-order valence-corrected chi connectivity index (χ2v) is 8.03. The summed E-state index contributed by atoms with van der Waals surface area (Å²) in [7, 11) is 0. The number of thioether (sulfide) groups is 1. The Balaban J connectivity index is 1.80. The Hall–Kier alpha value is -1.83. The Morgan fingerprint density at radius 2 is 2.00 bits per heavy atom. The average Bonchev–Trinajstić information content (AvgIpc) is 3.07. The van der Waals surface area contributed by atoms with Gasteiger partial charge in [0.15, 0.2) is 5.17 Å². The molecular weight excluding hydrogens is 340 g/mol. The van der Waals surface area contributed by atoms with E-state index < -0.39 is 5.60 Å². The van der Waals surface area contributed by atoms with E-state index in [0.29, 0.717) is 16.5 Å². The molecule has 2 heterocycles. The summed E-state index contributed by atoms with van der Waals surface area (Å²) >= 11 is 1.28. The lowest BCUT2D eigenvalue weighted by Gasteiger charge is -2.22. The molecule has 1 aliphatic carbocycles. The van der Waals surface area contributed by atoms with Crippen LogP contribution in [0, 0.1) is 0 Å². The highest BCUT2D eigenvalue weighted by Gasteiger charge is 2.40. The average molecular weight is 364 g/mol. The number of nitrogens with one attached hydrogen (secondary N) is 2. The van der Waals surface area contributed by atoms with Crippen molar-refractivity contribution in [2.24, 2.45) is 10.2 Å². The van der Waals surface area contributed by atoms with Crippen LogP contribution in [-0.2, 0) is 14.3 Å². The first-order valence-electron chi connectivity index (χ1n) is 8.67. The Bertz CT molecular complexity index is 675. The quantitative estimate of drug-likeness (QED) is 0.750. The number of rotatable bonds is 3. The van der Waals surface area contributed by atoms with Crippen molar-refractivity contribution in [2.45, 2.75) is 64.5 Å². The molecule has 0 spiro atoms. The maximum Gasteiger partial charge on any atom is 0.257 e. The molecule has 0 aromatic rings. The Labute approximate surface area is 151 Å². The number of nitrogens with zero attached hydrogens (tertiary/aromatic N) is 2. The summed E-state index contributed by atoms with van der Waals surface area (Å²) in [5.74, 6) is 0.292. The molecule has 8 heteroatoms. The first kappa shape index (κ1) is 18.0. The molecule has 0 aromatic heterocycles. The van der Waals surface area contributed by atoms with Crippen LogP contribution in [-0.4, -0.2) is 40.3 Å². The molecule has 0 atom stereocenters. The van der Waals surface area contributed by atoms with Crippen LogP contribution in [0.2, 0.25) is 0 Å². The summed E-state index contributed by atoms with van der Waals surface area (Å²) in [6.07, 6.45) is 5.56. The second kappa shape index (κ2) is 7.19. The molecule has 7 nitrogen and oxygen atoms in total. The standard InChI is InChI=1S/C17H24N4O3S/c1-10-13(14(23)18-11-7-5-4-6-8-11)15(24-17(10,2)3)20-21-16-19-12(22)9-25-16/h11H,4-9H2,1-3H3,(H,18,23)(H,19,21,22). The van der Waals surface area contributed by atoms with Gasteiger partial charge in [0.1, 0.15) is 11.2 Å². The molecular formula is C17H24N4O3S. The molecule has 0 unspecified atom stereocenters. The van der Waals surface area contributed by atoms with Crippen LogP contribution in [0.3, 0.4) is 0 Å². The van der Waals surface area contributed by atoms with Crippen molar-refractivity contribution in [3.05, 3.63) is 11.1 Å². The van der Waals surface area contributed by atoms with Crippen molar-refractivity contribution in [1.82, 2.24) is 10.6 Å². The third-order valence-corrected chi connectivity index (χ3v) is 5.69. The smallest absolute Gasteiger partial charge is 0.257 e. The van der Waals surface area contributed by atoms with Gasteiger partial charge in [0.05, 0.1) is 5.75 Å². The Morgan fingerprint density at radius 3 is 2.64 bits per heavy atom. The van der Waals surface area contributed by atoms with Gasteiger partial charge in [0.25, 0.3) is 5.91 Å². The highest BCUT2D eigenvalue weighted by atomic mass is 32.2. The number of hydrogen-bond donors (Lipinski definition) is 2. The largest absolute Gasteiger partial charge is 0.465 e. The minimum Gasteiger partial charge on any atom is -0.465 e. The van der Waals surface area contributed by atoms with E-state index >= 15 is 0 Å². The summed E-state index contributed by atoms with van der Waals surface area (Å²) in [5.41, 5.74) is 0.682. The zero-order valence-corrected chi connectivity index (χ0v) is 15.7. The lowest BCUT2D eigenvalue weighted by molar-refractivity contribution is -0.118. The fourth-order valence-corrected chi connectivity index (χ4v) is 3.77. The molecule has 25 heavy (non-hydrogen) atoms. The predicted octanol–water partition coefficient (Wildman–Crippen LogP) is 2.09. The van der Waals surface area contributed by atoms with Gasteiger partial charge in [-0.1, -0.05) is 31.0 Å². The Kier molecular flexibility index (Phi) is 5.17. The Morgan fingerprint density at radius 1 is 1.28 bits per heavy atom. The van der Waals surface area contributed by atoms with Gasteiger partial charge in [0.2, 0.25) is 11.8 Å². The van der Waals surface area contributed by atoms with Crippen molar-refractivity contribution in [3.8, 4) is 0 Å². The first-order valence-corrected chi connectivity index (χ1v) is 9.65. The van der Waals surface area contributed by atoms with E-state index in [1.807, 2.05) is 20.8 Å². The highest BCUT2D eigenvalue weighted by molar-refractivity contribution is 8.15. The van der Waals surface area contributed by atoms with Crippen molar-refractivity contribution >= 4 is 34.6 Å². The number of hydrogen-bond acceptors (Lipinski definition) is 6. The van der Waals surface area contributed by atoms with E-state index in [1.54, 1.807) is 0 Å². The first-order chi connectivity index (χ1) is 11.9. The van der Waals surface area contributed by atoms with Crippen LogP contribution in [0.25, 0.3) is 0 Å². The topological polar surface area (TPSA) is 92.1 Å². The highest BCUT2D eigenvalue weighted by Crippen LogP contribution is 2.33. The van der Waals surface area contributed by atoms with E-state index in [4.69, 9.17) is 4.74 Å². The van der Waals surface area contributed by atoms with Gasteiger partial charge in [-0.25, -0.2) is 0 Å². The third kappa shape index (κ3) is 4.05. The summed E-state index contributed by atoms with van der Waals surface area (Å²) in [4.78, 5) is 24.0. The molecule has 2 fully saturated rings. The minimum absolute atomic E-state index is 0.0985. The van der Waals surface area contributed by atoms with Gasteiger partial charge in [-0.05, 0) is 39.2 Å². The molecule has 2 N–H and O–H groups in total. The van der Waals surface area contributed by atoms with E-state index in [2.05, 4.69) is 20.8 Å². The van der Waals surface area contributed by atoms with Gasteiger partial charge in [-0.3, -0.25) is 9.59 Å². The summed E-state index contributed by atoms with van der Waals surface area (Å²) < 4.78 is 5.86. The zero-order chi connectivity index (χ0) is 18.0. The van der Waals surface area contributed by atoms with Crippen LogP contribution in [0.5, 0.6) is 0 Å². The maximum atomic E-state index is 12.8. The minimum atomic E-state index is -0.607. The molecule has 0 bridgehead atoms. The van der Waals surface area contributed by atoms with E-state index in [0.717, 1.165) is 31.3 Å². The molecule has 3 aliphatic rings. The zero-order valence-electron chi connectivity index (χ0n) is 14.8. The van der Waals surface area contributed by atoms with Gasteiger partial charge >= 0.3 is 0 Å². The maximum absolute atomic E-state index is 12.8. The monoisotopic (exact) mass is 364 g/mol. The van der Waals surface area contributed by atoms with E-state index in [1.165, 1.54) is 18.2 Å². The molecule has 2 aliphatic heterocycles. The molecule has 1 saturated heterocycles. The fourth-order valence-electron chi connectivity index (χ4n) is 3.14. The summed E-state index contributed by atoms with van der Waals surface area (Å²) in [5, 5.41) is 14.3. The van der Waals surface area contributed by atoms with Gasteiger partial charge in [-0.2, -0.15) is 0 Å². The van der Waals surface area contributed by atoms with Gasteiger partial charge < -0.3 is 15.4 Å². The number of carbonyl (C=O) groups is 2. The van der Waals surface area contributed by atoms with Crippen LogP contribution in [0.4, 0.5) is 0 Å². The normalized spacial score (nSPS) is 26.9. The number of ether oxygens (including phenoxy) is 1. The van der Waals surface area contributed by atoms with Gasteiger partial charge in [0, 0.05) is 6.04 Å². The van der Waals surface area contributed by atoms with Gasteiger partial charge in [-0.15, -0.1) is 10.2 Å². The van der Waals surface area contributed by atoms with E-state index in [-0.39, 0.29) is 23.8 Å². The summed E-state index contributed by atoms with van der Waals surface area (Å²) in [6.45, 7) is 5.69. The molecule has 0 radical (unpaired) electrons. The van der Waals surface area contributed by atoms with Crippen LogP contribution < -0.4 is 10.6 Å².